The highest BCUT2D eigenvalue weighted by molar-refractivity contribution is 5.14. The molecule has 0 heterocycles. The van der Waals surface area contributed by atoms with Crippen LogP contribution in [-0.2, 0) is 6.42 Å². The zero-order valence-electron chi connectivity index (χ0n) is 11.0. The predicted molar refractivity (Wildman–Crippen MR) is 76.3 cm³/mol. The Labute approximate surface area is 106 Å². The van der Waals surface area contributed by atoms with Crippen LogP contribution in [0.15, 0.2) is 43.0 Å². The third-order valence-corrected chi connectivity index (χ3v) is 3.07. The maximum atomic E-state index is 3.79. The number of aryl methyl sites for hydroxylation is 1. The first-order chi connectivity index (χ1) is 8.36. The summed E-state index contributed by atoms with van der Waals surface area (Å²) in [7, 11) is 0. The van der Waals surface area contributed by atoms with Crippen molar-refractivity contribution in [3.05, 3.63) is 48.6 Å². The first-order valence-electron chi connectivity index (χ1n) is 6.75. The summed E-state index contributed by atoms with van der Waals surface area (Å²) in [4.78, 5) is 0. The van der Waals surface area contributed by atoms with Gasteiger partial charge in [-0.3, -0.25) is 0 Å². The van der Waals surface area contributed by atoms with Crippen molar-refractivity contribution < 1.29 is 0 Å². The lowest BCUT2D eigenvalue weighted by atomic mass is 10.0. The molecule has 0 aliphatic carbocycles. The van der Waals surface area contributed by atoms with Crippen LogP contribution in [0.25, 0.3) is 0 Å². The number of benzene rings is 1. The minimum absolute atomic E-state index is 0.654. The van der Waals surface area contributed by atoms with Crippen molar-refractivity contribution in [1.82, 2.24) is 5.32 Å². The minimum Gasteiger partial charge on any atom is -0.314 e. The molecule has 0 saturated carbocycles. The maximum Gasteiger partial charge on any atom is 0.00700 e. The minimum atomic E-state index is 0.654. The fourth-order valence-corrected chi connectivity index (χ4v) is 2.15. The lowest BCUT2D eigenvalue weighted by Crippen LogP contribution is -2.28. The highest BCUT2D eigenvalue weighted by Crippen LogP contribution is 2.10. The van der Waals surface area contributed by atoms with Gasteiger partial charge in [0.15, 0.2) is 0 Å². The molecule has 1 N–H and O–H groups in total. The van der Waals surface area contributed by atoms with Crippen LogP contribution in [0, 0.1) is 0 Å². The molecular weight excluding hydrogens is 206 g/mol. The second kappa shape index (κ2) is 9.00. The van der Waals surface area contributed by atoms with Gasteiger partial charge in [0.2, 0.25) is 0 Å². The van der Waals surface area contributed by atoms with Gasteiger partial charge in [-0.15, -0.1) is 6.58 Å². The lowest BCUT2D eigenvalue weighted by Gasteiger charge is -2.16. The molecule has 0 aliphatic rings. The Morgan fingerprint density at radius 1 is 1.24 bits per heavy atom. The standard InChI is InChI=1S/C16H25N/c1-3-5-13-16(17-4-2)14-9-12-15-10-7-6-8-11-15/h3,6-8,10-11,16-17H,1,4-5,9,12-14H2,2H3. The molecule has 1 unspecified atom stereocenters. The Bertz CT molecular complexity index is 292. The predicted octanol–water partition coefficient (Wildman–Crippen LogP) is 3.95. The van der Waals surface area contributed by atoms with Gasteiger partial charge in [-0.1, -0.05) is 43.3 Å². The van der Waals surface area contributed by atoms with E-state index < -0.39 is 0 Å². The Kier molecular flexibility index (Phi) is 7.40. The lowest BCUT2D eigenvalue weighted by molar-refractivity contribution is 0.454. The first-order valence-corrected chi connectivity index (χ1v) is 6.75. The molecule has 1 aromatic carbocycles. The monoisotopic (exact) mass is 231 g/mol. The van der Waals surface area contributed by atoms with E-state index in [4.69, 9.17) is 0 Å². The van der Waals surface area contributed by atoms with E-state index in [2.05, 4.69) is 49.2 Å². The number of rotatable bonds is 9. The summed E-state index contributed by atoms with van der Waals surface area (Å²) >= 11 is 0. The van der Waals surface area contributed by atoms with Crippen LogP contribution in [0.4, 0.5) is 0 Å². The molecule has 0 amide bonds. The summed E-state index contributed by atoms with van der Waals surface area (Å²) in [6, 6.07) is 11.4. The summed E-state index contributed by atoms with van der Waals surface area (Å²) in [5.41, 5.74) is 1.45. The molecule has 0 spiro atoms. The molecule has 0 saturated heterocycles. The second-order valence-electron chi connectivity index (χ2n) is 4.50. The van der Waals surface area contributed by atoms with Crippen LogP contribution in [0.1, 0.15) is 38.2 Å². The van der Waals surface area contributed by atoms with Crippen LogP contribution in [0.3, 0.4) is 0 Å². The first kappa shape index (κ1) is 14.0. The molecule has 1 aromatic rings. The molecule has 0 aliphatic heterocycles. The average molecular weight is 231 g/mol. The molecule has 1 nitrogen and oxygen atoms in total. The van der Waals surface area contributed by atoms with Crippen molar-refractivity contribution in [2.24, 2.45) is 0 Å². The van der Waals surface area contributed by atoms with Gasteiger partial charge >= 0.3 is 0 Å². The molecule has 1 rings (SSSR count). The molecule has 94 valence electrons. The van der Waals surface area contributed by atoms with E-state index >= 15 is 0 Å². The molecular formula is C16H25N. The van der Waals surface area contributed by atoms with Crippen molar-refractivity contribution in [2.45, 2.75) is 45.1 Å². The Balaban J connectivity index is 2.24. The van der Waals surface area contributed by atoms with Gasteiger partial charge in [0, 0.05) is 6.04 Å². The fourth-order valence-electron chi connectivity index (χ4n) is 2.15. The Hall–Kier alpha value is -1.08. The zero-order valence-corrected chi connectivity index (χ0v) is 11.0. The summed E-state index contributed by atoms with van der Waals surface area (Å²) < 4.78 is 0. The molecule has 1 atom stereocenters. The van der Waals surface area contributed by atoms with Gasteiger partial charge in [-0.2, -0.15) is 0 Å². The number of allylic oxidation sites excluding steroid dienone is 1. The normalized spacial score (nSPS) is 12.3. The molecule has 0 bridgehead atoms. The van der Waals surface area contributed by atoms with Crippen molar-refractivity contribution in [1.29, 1.82) is 0 Å². The molecule has 1 heteroatoms. The fraction of sp³-hybridized carbons (Fsp3) is 0.500. The zero-order chi connectivity index (χ0) is 12.3. The van der Waals surface area contributed by atoms with Crippen LogP contribution in [0.5, 0.6) is 0 Å². The summed E-state index contributed by atoms with van der Waals surface area (Å²) in [5.74, 6) is 0. The van der Waals surface area contributed by atoms with E-state index in [9.17, 15) is 0 Å². The van der Waals surface area contributed by atoms with E-state index in [0.29, 0.717) is 6.04 Å². The van der Waals surface area contributed by atoms with Gasteiger partial charge in [-0.05, 0) is 44.2 Å². The quantitative estimate of drug-likeness (QED) is 0.634. The Morgan fingerprint density at radius 2 is 2.00 bits per heavy atom. The largest absolute Gasteiger partial charge is 0.314 e. The topological polar surface area (TPSA) is 12.0 Å². The van der Waals surface area contributed by atoms with Crippen LogP contribution >= 0.6 is 0 Å². The van der Waals surface area contributed by atoms with Gasteiger partial charge in [-0.25, -0.2) is 0 Å². The number of hydrogen-bond donors (Lipinski definition) is 1. The maximum absolute atomic E-state index is 3.79. The molecule has 0 fully saturated rings. The van der Waals surface area contributed by atoms with Crippen molar-refractivity contribution in [3.63, 3.8) is 0 Å². The SMILES string of the molecule is C=CCCC(CCCc1ccccc1)NCC. The van der Waals surface area contributed by atoms with Crippen molar-refractivity contribution >= 4 is 0 Å². The van der Waals surface area contributed by atoms with Crippen molar-refractivity contribution in [3.8, 4) is 0 Å². The van der Waals surface area contributed by atoms with Crippen LogP contribution in [-0.4, -0.2) is 12.6 Å². The third-order valence-electron chi connectivity index (χ3n) is 3.07. The van der Waals surface area contributed by atoms with Gasteiger partial charge < -0.3 is 5.32 Å². The highest BCUT2D eigenvalue weighted by atomic mass is 14.9. The average Bonchev–Trinajstić information content (AvgIpc) is 2.37. The van der Waals surface area contributed by atoms with E-state index in [0.717, 1.165) is 13.0 Å². The van der Waals surface area contributed by atoms with E-state index in [1.807, 2.05) is 6.08 Å². The third kappa shape index (κ3) is 6.28. The second-order valence-corrected chi connectivity index (χ2v) is 4.50. The summed E-state index contributed by atoms with van der Waals surface area (Å²) in [6.45, 7) is 7.03. The number of nitrogens with one attached hydrogen (secondary N) is 1. The summed E-state index contributed by atoms with van der Waals surface area (Å²) in [5, 5.41) is 3.56. The molecule has 0 aromatic heterocycles. The molecule has 17 heavy (non-hydrogen) atoms. The number of hydrogen-bond acceptors (Lipinski definition) is 1. The van der Waals surface area contributed by atoms with E-state index in [1.54, 1.807) is 0 Å². The summed E-state index contributed by atoms with van der Waals surface area (Å²) in [6.07, 6.45) is 8.06. The van der Waals surface area contributed by atoms with Crippen LogP contribution < -0.4 is 5.32 Å². The van der Waals surface area contributed by atoms with Crippen molar-refractivity contribution in [2.75, 3.05) is 6.54 Å². The smallest absolute Gasteiger partial charge is 0.00700 e. The molecule has 0 radical (unpaired) electrons. The Morgan fingerprint density at radius 3 is 2.65 bits per heavy atom. The highest BCUT2D eigenvalue weighted by Gasteiger charge is 2.05. The van der Waals surface area contributed by atoms with Gasteiger partial charge in [0.1, 0.15) is 0 Å². The van der Waals surface area contributed by atoms with E-state index in [-0.39, 0.29) is 0 Å². The van der Waals surface area contributed by atoms with Gasteiger partial charge in [0.25, 0.3) is 0 Å². The van der Waals surface area contributed by atoms with Crippen LogP contribution in [0.2, 0.25) is 0 Å². The van der Waals surface area contributed by atoms with E-state index in [1.165, 1.54) is 31.2 Å². The van der Waals surface area contributed by atoms with Gasteiger partial charge in [0.05, 0.1) is 0 Å².